The van der Waals surface area contributed by atoms with Crippen molar-refractivity contribution in [1.82, 2.24) is 4.90 Å². The highest BCUT2D eigenvalue weighted by atomic mass is 35.5. The highest BCUT2D eigenvalue weighted by Gasteiger charge is 2.39. The Labute approximate surface area is 191 Å². The molecular formula is C26H22ClFN2O2. The molecule has 0 fully saturated rings. The molecule has 2 amide bonds. The van der Waals surface area contributed by atoms with Crippen LogP contribution in [0.1, 0.15) is 27.8 Å². The Morgan fingerprint density at radius 1 is 0.844 bits per heavy atom. The van der Waals surface area contributed by atoms with Crippen LogP contribution in [-0.4, -0.2) is 16.7 Å². The second-order valence-corrected chi connectivity index (χ2v) is 8.39. The lowest BCUT2D eigenvalue weighted by Gasteiger charge is -2.16. The van der Waals surface area contributed by atoms with Gasteiger partial charge in [0.15, 0.2) is 0 Å². The normalized spacial score (nSPS) is 13.8. The second kappa shape index (κ2) is 8.60. The van der Waals surface area contributed by atoms with Gasteiger partial charge in [-0.2, -0.15) is 0 Å². The summed E-state index contributed by atoms with van der Waals surface area (Å²) in [5.41, 5.74) is 5.48. The van der Waals surface area contributed by atoms with Gasteiger partial charge in [-0.3, -0.25) is 14.5 Å². The van der Waals surface area contributed by atoms with Crippen LogP contribution in [0.25, 0.3) is 5.57 Å². The summed E-state index contributed by atoms with van der Waals surface area (Å²) in [6.07, 6.45) is 0. The van der Waals surface area contributed by atoms with E-state index in [1.54, 1.807) is 24.3 Å². The molecule has 0 bridgehead atoms. The number of carbonyl (C=O) groups excluding carboxylic acids is 2. The quantitative estimate of drug-likeness (QED) is 0.502. The van der Waals surface area contributed by atoms with E-state index in [2.05, 4.69) is 5.32 Å². The van der Waals surface area contributed by atoms with Crippen LogP contribution < -0.4 is 5.32 Å². The molecule has 0 aromatic heterocycles. The van der Waals surface area contributed by atoms with E-state index < -0.39 is 11.8 Å². The summed E-state index contributed by atoms with van der Waals surface area (Å²) < 4.78 is 13.3. The lowest BCUT2D eigenvalue weighted by molar-refractivity contribution is -0.137. The maximum absolute atomic E-state index is 13.4. The maximum Gasteiger partial charge on any atom is 0.278 e. The summed E-state index contributed by atoms with van der Waals surface area (Å²) in [5, 5.41) is 3.68. The first-order valence-corrected chi connectivity index (χ1v) is 10.6. The summed E-state index contributed by atoms with van der Waals surface area (Å²) in [6, 6.07) is 16.8. The molecule has 0 atom stereocenters. The molecule has 32 heavy (non-hydrogen) atoms. The number of halogens is 2. The van der Waals surface area contributed by atoms with E-state index in [4.69, 9.17) is 11.6 Å². The Morgan fingerprint density at radius 2 is 1.53 bits per heavy atom. The van der Waals surface area contributed by atoms with Crippen molar-refractivity contribution in [3.05, 3.63) is 105 Å². The Hall–Kier alpha value is -3.44. The molecular weight excluding hydrogens is 427 g/mol. The molecule has 1 N–H and O–H groups in total. The summed E-state index contributed by atoms with van der Waals surface area (Å²) >= 11 is 6.16. The van der Waals surface area contributed by atoms with Gasteiger partial charge in [0.05, 0.1) is 12.1 Å². The number of hydrogen-bond acceptors (Lipinski definition) is 3. The molecule has 162 valence electrons. The Bertz CT molecular complexity index is 1270. The van der Waals surface area contributed by atoms with Gasteiger partial charge in [0, 0.05) is 10.7 Å². The molecule has 0 spiro atoms. The van der Waals surface area contributed by atoms with Crippen molar-refractivity contribution in [1.29, 1.82) is 0 Å². The molecule has 0 radical (unpaired) electrons. The standard InChI is InChI=1S/C26H22ClFN2O2/c1-15-4-8-19(12-17(15)3)23-24(29-22-13-20(27)9-5-16(22)2)26(32)30(25(23)31)14-18-6-10-21(28)11-7-18/h4-13,29H,14H2,1-3H3. The van der Waals surface area contributed by atoms with Gasteiger partial charge >= 0.3 is 0 Å². The first kappa shape index (κ1) is 21.8. The summed E-state index contributed by atoms with van der Waals surface area (Å²) in [6.45, 7) is 5.90. The van der Waals surface area contributed by atoms with Crippen molar-refractivity contribution < 1.29 is 14.0 Å². The van der Waals surface area contributed by atoms with Crippen LogP contribution in [0.5, 0.6) is 0 Å². The third-order valence-electron chi connectivity index (χ3n) is 5.68. The number of carbonyl (C=O) groups is 2. The second-order valence-electron chi connectivity index (χ2n) is 7.96. The number of anilines is 1. The predicted molar refractivity (Wildman–Crippen MR) is 125 cm³/mol. The van der Waals surface area contributed by atoms with Crippen molar-refractivity contribution in [3.63, 3.8) is 0 Å². The van der Waals surface area contributed by atoms with E-state index >= 15 is 0 Å². The summed E-state index contributed by atoms with van der Waals surface area (Å²) in [5.74, 6) is -1.21. The number of nitrogens with zero attached hydrogens (tertiary/aromatic N) is 1. The fourth-order valence-electron chi connectivity index (χ4n) is 3.64. The number of imide groups is 1. The number of nitrogens with one attached hydrogen (secondary N) is 1. The van der Waals surface area contributed by atoms with Crippen LogP contribution in [0, 0.1) is 26.6 Å². The van der Waals surface area contributed by atoms with Crippen molar-refractivity contribution in [2.75, 3.05) is 5.32 Å². The zero-order valence-electron chi connectivity index (χ0n) is 18.0. The first-order chi connectivity index (χ1) is 15.2. The lowest BCUT2D eigenvalue weighted by Crippen LogP contribution is -2.32. The third-order valence-corrected chi connectivity index (χ3v) is 5.91. The van der Waals surface area contributed by atoms with Crippen molar-refractivity contribution >= 4 is 34.7 Å². The van der Waals surface area contributed by atoms with E-state index in [9.17, 15) is 14.0 Å². The molecule has 1 aliphatic rings. The Balaban J connectivity index is 1.78. The van der Waals surface area contributed by atoms with Gasteiger partial charge < -0.3 is 5.32 Å². The van der Waals surface area contributed by atoms with E-state index in [-0.39, 0.29) is 18.1 Å². The van der Waals surface area contributed by atoms with Gasteiger partial charge in [-0.25, -0.2) is 4.39 Å². The summed E-state index contributed by atoms with van der Waals surface area (Å²) in [4.78, 5) is 28.0. The van der Waals surface area contributed by atoms with E-state index in [1.807, 2.05) is 45.0 Å². The number of amides is 2. The average molecular weight is 449 g/mol. The molecule has 1 heterocycles. The topological polar surface area (TPSA) is 49.4 Å². The molecule has 1 aliphatic heterocycles. The van der Waals surface area contributed by atoms with E-state index in [0.717, 1.165) is 16.7 Å². The highest BCUT2D eigenvalue weighted by Crippen LogP contribution is 2.33. The number of aryl methyl sites for hydroxylation is 3. The van der Waals surface area contributed by atoms with Crippen LogP contribution in [0.15, 0.2) is 66.4 Å². The fraction of sp³-hybridized carbons (Fsp3) is 0.154. The Kier molecular flexibility index (Phi) is 5.85. The molecule has 4 nitrogen and oxygen atoms in total. The molecule has 4 rings (SSSR count). The van der Waals surface area contributed by atoms with Gasteiger partial charge in [-0.05, 0) is 72.9 Å². The maximum atomic E-state index is 13.4. The SMILES string of the molecule is Cc1ccc(C2=C(Nc3cc(Cl)ccc3C)C(=O)N(Cc3ccc(F)cc3)C2=O)cc1C. The number of hydrogen-bond donors (Lipinski definition) is 1. The van der Waals surface area contributed by atoms with Crippen LogP contribution in [0.2, 0.25) is 5.02 Å². The zero-order chi connectivity index (χ0) is 23.0. The minimum atomic E-state index is -0.438. The predicted octanol–water partition coefficient (Wildman–Crippen LogP) is 5.80. The van der Waals surface area contributed by atoms with Gasteiger partial charge in [-0.15, -0.1) is 0 Å². The summed E-state index contributed by atoms with van der Waals surface area (Å²) in [7, 11) is 0. The smallest absolute Gasteiger partial charge is 0.278 e. The monoisotopic (exact) mass is 448 g/mol. The van der Waals surface area contributed by atoms with Gasteiger partial charge in [-0.1, -0.05) is 48.0 Å². The molecule has 0 unspecified atom stereocenters. The molecule has 0 saturated heterocycles. The Morgan fingerprint density at radius 3 is 2.22 bits per heavy atom. The molecule has 0 aliphatic carbocycles. The van der Waals surface area contributed by atoms with E-state index in [0.29, 0.717) is 27.4 Å². The minimum absolute atomic E-state index is 0.0476. The zero-order valence-corrected chi connectivity index (χ0v) is 18.8. The van der Waals surface area contributed by atoms with Crippen molar-refractivity contribution in [2.24, 2.45) is 0 Å². The molecule has 0 saturated carbocycles. The molecule has 3 aromatic rings. The average Bonchev–Trinajstić information content (AvgIpc) is 2.98. The number of rotatable bonds is 5. The molecule has 3 aromatic carbocycles. The van der Waals surface area contributed by atoms with E-state index in [1.165, 1.54) is 17.0 Å². The van der Waals surface area contributed by atoms with Gasteiger partial charge in [0.1, 0.15) is 11.5 Å². The number of benzene rings is 3. The van der Waals surface area contributed by atoms with Crippen LogP contribution in [-0.2, 0) is 16.1 Å². The van der Waals surface area contributed by atoms with Crippen molar-refractivity contribution in [2.45, 2.75) is 27.3 Å². The molecule has 6 heteroatoms. The van der Waals surface area contributed by atoms with Crippen LogP contribution in [0.4, 0.5) is 10.1 Å². The minimum Gasteiger partial charge on any atom is -0.350 e. The third kappa shape index (κ3) is 4.16. The first-order valence-electron chi connectivity index (χ1n) is 10.2. The lowest BCUT2D eigenvalue weighted by atomic mass is 9.99. The van der Waals surface area contributed by atoms with Gasteiger partial charge in [0.2, 0.25) is 0 Å². The fourth-order valence-corrected chi connectivity index (χ4v) is 3.81. The van der Waals surface area contributed by atoms with Crippen LogP contribution in [0.3, 0.4) is 0 Å². The van der Waals surface area contributed by atoms with Gasteiger partial charge in [0.25, 0.3) is 11.8 Å². The van der Waals surface area contributed by atoms with Crippen molar-refractivity contribution in [3.8, 4) is 0 Å². The highest BCUT2D eigenvalue weighted by molar-refractivity contribution is 6.36. The van der Waals surface area contributed by atoms with Crippen LogP contribution >= 0.6 is 11.6 Å². The largest absolute Gasteiger partial charge is 0.350 e.